The second kappa shape index (κ2) is 6.63. The first-order valence-electron chi connectivity index (χ1n) is 7.81. The van der Waals surface area contributed by atoms with Crippen molar-refractivity contribution in [1.29, 1.82) is 0 Å². The zero-order chi connectivity index (χ0) is 17.9. The van der Waals surface area contributed by atoms with E-state index in [1.165, 1.54) is 6.33 Å². The molecule has 1 amide bonds. The van der Waals surface area contributed by atoms with Crippen molar-refractivity contribution in [2.24, 2.45) is 0 Å². The van der Waals surface area contributed by atoms with E-state index in [4.69, 9.17) is 8.94 Å². The van der Waals surface area contributed by atoms with Crippen LogP contribution in [0, 0.1) is 6.92 Å². The first-order chi connectivity index (χ1) is 12.7. The maximum Gasteiger partial charge on any atom is 0.271 e. The maximum absolute atomic E-state index is 12.1. The Morgan fingerprint density at radius 2 is 2.19 bits per heavy atom. The molecule has 0 fully saturated rings. The average molecular weight is 350 g/mol. The predicted octanol–water partition coefficient (Wildman–Crippen LogP) is 2.15. The normalized spacial score (nSPS) is 10.8. The molecule has 0 saturated carbocycles. The van der Waals surface area contributed by atoms with Gasteiger partial charge in [-0.15, -0.1) is 0 Å². The monoisotopic (exact) mass is 350 g/mol. The molecule has 4 heterocycles. The number of aryl methyl sites for hydroxylation is 1. The Morgan fingerprint density at radius 3 is 2.88 bits per heavy atom. The van der Waals surface area contributed by atoms with Crippen molar-refractivity contribution in [2.75, 3.05) is 0 Å². The van der Waals surface area contributed by atoms with Crippen LogP contribution in [0.15, 0.2) is 58.2 Å². The van der Waals surface area contributed by atoms with Gasteiger partial charge in [-0.25, -0.2) is 9.97 Å². The average Bonchev–Trinajstić information content (AvgIpc) is 3.41. The highest BCUT2D eigenvalue weighted by Crippen LogP contribution is 2.17. The second-order valence-electron chi connectivity index (χ2n) is 5.48. The number of carbonyl (C=O) groups is 1. The molecule has 0 spiro atoms. The van der Waals surface area contributed by atoms with Crippen LogP contribution in [0.5, 0.6) is 0 Å². The minimum absolute atomic E-state index is 0.287. The van der Waals surface area contributed by atoms with Gasteiger partial charge in [0.1, 0.15) is 23.6 Å². The van der Waals surface area contributed by atoms with Crippen molar-refractivity contribution in [3.8, 4) is 17.3 Å². The SMILES string of the molecule is Cc1noc(-c2ccc(-n3cnc(C(=O)NCc4ccco4)c3)nc2)n1. The summed E-state index contributed by atoms with van der Waals surface area (Å²) >= 11 is 0. The van der Waals surface area contributed by atoms with Crippen molar-refractivity contribution in [3.63, 3.8) is 0 Å². The van der Waals surface area contributed by atoms with Gasteiger partial charge in [0, 0.05) is 12.4 Å². The highest BCUT2D eigenvalue weighted by atomic mass is 16.5. The molecule has 4 aromatic rings. The molecule has 9 heteroatoms. The summed E-state index contributed by atoms with van der Waals surface area (Å²) in [5.41, 5.74) is 1.00. The number of nitrogens with zero attached hydrogens (tertiary/aromatic N) is 5. The molecule has 0 saturated heterocycles. The van der Waals surface area contributed by atoms with Gasteiger partial charge in [-0.2, -0.15) is 4.98 Å². The van der Waals surface area contributed by atoms with Crippen LogP contribution in [0.4, 0.5) is 0 Å². The van der Waals surface area contributed by atoms with E-state index in [1.54, 1.807) is 48.3 Å². The lowest BCUT2D eigenvalue weighted by atomic mass is 10.3. The highest BCUT2D eigenvalue weighted by molar-refractivity contribution is 5.92. The van der Waals surface area contributed by atoms with Gasteiger partial charge in [0.25, 0.3) is 11.8 Å². The Labute approximate surface area is 147 Å². The predicted molar refractivity (Wildman–Crippen MR) is 89.3 cm³/mol. The number of nitrogens with one attached hydrogen (secondary N) is 1. The van der Waals surface area contributed by atoms with Crippen molar-refractivity contribution >= 4 is 5.91 Å². The van der Waals surface area contributed by atoms with Crippen LogP contribution in [-0.4, -0.2) is 30.6 Å². The van der Waals surface area contributed by atoms with E-state index in [1.807, 2.05) is 6.07 Å². The van der Waals surface area contributed by atoms with Crippen molar-refractivity contribution in [3.05, 3.63) is 66.5 Å². The third-order valence-corrected chi connectivity index (χ3v) is 3.61. The van der Waals surface area contributed by atoms with E-state index in [2.05, 4.69) is 25.4 Å². The van der Waals surface area contributed by atoms with E-state index in [0.717, 1.165) is 0 Å². The quantitative estimate of drug-likeness (QED) is 0.587. The van der Waals surface area contributed by atoms with Gasteiger partial charge >= 0.3 is 0 Å². The number of amides is 1. The van der Waals surface area contributed by atoms with E-state index < -0.39 is 0 Å². The molecular weight excluding hydrogens is 336 g/mol. The number of pyridine rings is 1. The van der Waals surface area contributed by atoms with Gasteiger partial charge in [-0.1, -0.05) is 5.16 Å². The first kappa shape index (κ1) is 15.8. The Morgan fingerprint density at radius 1 is 1.27 bits per heavy atom. The molecule has 0 aliphatic carbocycles. The first-order valence-corrected chi connectivity index (χ1v) is 7.81. The summed E-state index contributed by atoms with van der Waals surface area (Å²) in [5, 5.41) is 6.49. The van der Waals surface area contributed by atoms with E-state index in [0.29, 0.717) is 35.4 Å². The minimum atomic E-state index is -0.293. The molecule has 0 radical (unpaired) electrons. The molecule has 26 heavy (non-hydrogen) atoms. The molecule has 0 aromatic carbocycles. The summed E-state index contributed by atoms with van der Waals surface area (Å²) in [6.07, 6.45) is 6.32. The zero-order valence-electron chi connectivity index (χ0n) is 13.8. The summed E-state index contributed by atoms with van der Waals surface area (Å²) in [4.78, 5) is 24.8. The Hall–Kier alpha value is -3.75. The van der Waals surface area contributed by atoms with Gasteiger partial charge < -0.3 is 14.3 Å². The van der Waals surface area contributed by atoms with Crippen LogP contribution in [0.3, 0.4) is 0 Å². The smallest absolute Gasteiger partial charge is 0.271 e. The van der Waals surface area contributed by atoms with Crippen LogP contribution in [0.2, 0.25) is 0 Å². The molecule has 0 atom stereocenters. The van der Waals surface area contributed by atoms with Crippen molar-refractivity contribution in [2.45, 2.75) is 13.5 Å². The van der Waals surface area contributed by atoms with Gasteiger partial charge in [-0.05, 0) is 31.2 Å². The fourth-order valence-electron chi connectivity index (χ4n) is 2.32. The summed E-state index contributed by atoms with van der Waals surface area (Å²) < 4.78 is 11.9. The topological polar surface area (TPSA) is 112 Å². The highest BCUT2D eigenvalue weighted by Gasteiger charge is 2.12. The molecule has 0 aliphatic rings. The molecule has 0 unspecified atom stereocenters. The van der Waals surface area contributed by atoms with E-state index in [-0.39, 0.29) is 11.6 Å². The number of aromatic nitrogens is 5. The molecule has 4 rings (SSSR count). The molecule has 0 bridgehead atoms. The summed E-state index contributed by atoms with van der Waals surface area (Å²) in [6.45, 7) is 2.05. The molecule has 1 N–H and O–H groups in total. The lowest BCUT2D eigenvalue weighted by Gasteiger charge is -2.01. The van der Waals surface area contributed by atoms with Crippen LogP contribution >= 0.6 is 0 Å². The van der Waals surface area contributed by atoms with Crippen molar-refractivity contribution in [1.82, 2.24) is 30.0 Å². The maximum atomic E-state index is 12.1. The van der Waals surface area contributed by atoms with Gasteiger partial charge in [0.05, 0.1) is 18.4 Å². The summed E-state index contributed by atoms with van der Waals surface area (Å²) in [5.74, 6) is 1.96. The standard InChI is InChI=1S/C17H14N6O3/c1-11-21-17(26-22-11)12-4-5-15(18-7-12)23-9-14(20-10-23)16(24)19-8-13-3-2-6-25-13/h2-7,9-10H,8H2,1H3,(H,19,24). The second-order valence-corrected chi connectivity index (χ2v) is 5.48. The third-order valence-electron chi connectivity index (χ3n) is 3.61. The fourth-order valence-corrected chi connectivity index (χ4v) is 2.32. The number of hydrogen-bond donors (Lipinski definition) is 1. The van der Waals surface area contributed by atoms with Crippen molar-refractivity contribution < 1.29 is 13.7 Å². The Kier molecular flexibility index (Phi) is 4.02. The lowest BCUT2D eigenvalue weighted by molar-refractivity contribution is 0.0943. The summed E-state index contributed by atoms with van der Waals surface area (Å²) in [6, 6.07) is 7.14. The van der Waals surface area contributed by atoms with E-state index in [9.17, 15) is 4.79 Å². The zero-order valence-corrected chi connectivity index (χ0v) is 13.8. The van der Waals surface area contributed by atoms with Crippen LogP contribution in [-0.2, 0) is 6.54 Å². The number of rotatable bonds is 5. The number of carbonyl (C=O) groups excluding carboxylic acids is 1. The Balaban J connectivity index is 1.46. The molecular formula is C17H14N6O3. The largest absolute Gasteiger partial charge is 0.467 e. The number of imidazole rings is 1. The van der Waals surface area contributed by atoms with Gasteiger partial charge in [0.2, 0.25) is 0 Å². The van der Waals surface area contributed by atoms with Gasteiger partial charge in [-0.3, -0.25) is 9.36 Å². The number of furan rings is 1. The molecule has 4 aromatic heterocycles. The third kappa shape index (κ3) is 3.22. The van der Waals surface area contributed by atoms with Crippen LogP contribution in [0.1, 0.15) is 22.1 Å². The Bertz CT molecular complexity index is 1020. The summed E-state index contributed by atoms with van der Waals surface area (Å²) in [7, 11) is 0. The van der Waals surface area contributed by atoms with E-state index >= 15 is 0 Å². The fraction of sp³-hybridized carbons (Fsp3) is 0.118. The molecule has 130 valence electrons. The van der Waals surface area contributed by atoms with Crippen LogP contribution < -0.4 is 5.32 Å². The lowest BCUT2D eigenvalue weighted by Crippen LogP contribution is -2.22. The minimum Gasteiger partial charge on any atom is -0.467 e. The number of hydrogen-bond acceptors (Lipinski definition) is 7. The van der Waals surface area contributed by atoms with Gasteiger partial charge in [0.15, 0.2) is 5.82 Å². The molecule has 9 nitrogen and oxygen atoms in total. The molecule has 0 aliphatic heterocycles. The van der Waals surface area contributed by atoms with Crippen LogP contribution in [0.25, 0.3) is 17.3 Å².